The highest BCUT2D eigenvalue weighted by Gasteiger charge is 1.87. The second-order valence-electron chi connectivity index (χ2n) is 2.45. The van der Waals surface area contributed by atoms with Crippen molar-refractivity contribution in [2.45, 2.75) is 0 Å². The first-order valence-corrected chi connectivity index (χ1v) is 3.75. The highest BCUT2D eigenvalue weighted by atomic mass is 14.9. The van der Waals surface area contributed by atoms with Crippen LogP contribution in [0.15, 0.2) is 30.9 Å². The summed E-state index contributed by atoms with van der Waals surface area (Å²) in [6, 6.07) is 2.00. The molecule has 12 heavy (non-hydrogen) atoms. The van der Waals surface area contributed by atoms with Gasteiger partial charge >= 0.3 is 0 Å². The number of hydrogen-bond acceptors (Lipinski definition) is 1. The van der Waals surface area contributed by atoms with E-state index in [0.29, 0.717) is 0 Å². The van der Waals surface area contributed by atoms with Crippen LogP contribution in [0.1, 0.15) is 11.4 Å². The minimum absolute atomic E-state index is 0.871. The Bertz CT molecular complexity index is 307. The van der Waals surface area contributed by atoms with E-state index < -0.39 is 0 Å². The van der Waals surface area contributed by atoms with Crippen molar-refractivity contribution in [1.82, 2.24) is 15.0 Å². The molecule has 2 N–H and O–H groups in total. The summed E-state index contributed by atoms with van der Waals surface area (Å²) in [5.41, 5.74) is 1.14. The van der Waals surface area contributed by atoms with Crippen molar-refractivity contribution in [2.24, 2.45) is 0 Å². The van der Waals surface area contributed by atoms with E-state index in [1.165, 1.54) is 0 Å². The van der Waals surface area contributed by atoms with Crippen molar-refractivity contribution in [3.8, 4) is 0 Å². The van der Waals surface area contributed by atoms with Crippen LogP contribution in [0.2, 0.25) is 0 Å². The fourth-order valence-corrected chi connectivity index (χ4v) is 0.984. The molecule has 60 valence electrons. The van der Waals surface area contributed by atoms with E-state index in [0.717, 1.165) is 11.4 Å². The Hall–Kier alpha value is -1.77. The van der Waals surface area contributed by atoms with Gasteiger partial charge in [0.1, 0.15) is 5.82 Å². The van der Waals surface area contributed by atoms with E-state index in [1.807, 2.05) is 30.6 Å². The van der Waals surface area contributed by atoms with Crippen LogP contribution >= 0.6 is 0 Å². The lowest BCUT2D eigenvalue weighted by molar-refractivity contribution is 1.27. The number of hydrogen-bond donors (Lipinski definition) is 2. The van der Waals surface area contributed by atoms with Gasteiger partial charge in [-0.3, -0.25) is 0 Å². The molecular formula is C9H9N3. The van der Waals surface area contributed by atoms with Crippen LogP contribution in [0.4, 0.5) is 0 Å². The van der Waals surface area contributed by atoms with Gasteiger partial charge in [-0.05, 0) is 23.8 Å². The fourth-order valence-electron chi connectivity index (χ4n) is 0.984. The van der Waals surface area contributed by atoms with Gasteiger partial charge in [0.25, 0.3) is 0 Å². The highest BCUT2D eigenvalue weighted by molar-refractivity contribution is 5.65. The number of nitrogens with one attached hydrogen (secondary N) is 2. The Balaban J connectivity index is 2.14. The molecule has 2 aromatic heterocycles. The minimum Gasteiger partial charge on any atom is -0.367 e. The van der Waals surface area contributed by atoms with E-state index >= 15 is 0 Å². The smallest absolute Gasteiger partial charge is 0.129 e. The molecule has 0 bridgehead atoms. The van der Waals surface area contributed by atoms with E-state index in [-0.39, 0.29) is 0 Å². The summed E-state index contributed by atoms with van der Waals surface area (Å²) < 4.78 is 0. The number of imidazole rings is 1. The molecule has 0 fully saturated rings. The SMILES string of the molecule is C(=C\c1ncc[nH]1)/c1cc[nH]c1. The zero-order valence-electron chi connectivity index (χ0n) is 6.49. The number of H-pyrrole nitrogens is 2. The Morgan fingerprint density at radius 1 is 1.25 bits per heavy atom. The summed E-state index contributed by atoms with van der Waals surface area (Å²) in [6.45, 7) is 0. The molecule has 0 radical (unpaired) electrons. The molecule has 3 nitrogen and oxygen atoms in total. The van der Waals surface area contributed by atoms with Crippen LogP contribution in [-0.2, 0) is 0 Å². The van der Waals surface area contributed by atoms with Crippen molar-refractivity contribution in [1.29, 1.82) is 0 Å². The number of rotatable bonds is 2. The lowest BCUT2D eigenvalue weighted by Gasteiger charge is -1.82. The van der Waals surface area contributed by atoms with Crippen LogP contribution in [-0.4, -0.2) is 15.0 Å². The second-order valence-corrected chi connectivity index (χ2v) is 2.45. The zero-order chi connectivity index (χ0) is 8.23. The summed E-state index contributed by atoms with van der Waals surface area (Å²) in [5.74, 6) is 0.871. The molecular weight excluding hydrogens is 150 g/mol. The third-order valence-corrected chi connectivity index (χ3v) is 1.58. The standard InChI is InChI=1S/C9H9N3/c1(8-3-4-10-7-8)2-9-11-5-6-12-9/h1-7,10H,(H,11,12)/b2-1+. The van der Waals surface area contributed by atoms with Gasteiger partial charge in [-0.15, -0.1) is 0 Å². The summed E-state index contributed by atoms with van der Waals surface area (Å²) in [4.78, 5) is 10.0. The molecule has 0 aliphatic heterocycles. The Kier molecular flexibility index (Phi) is 1.78. The lowest BCUT2D eigenvalue weighted by Crippen LogP contribution is -1.71. The molecule has 0 amide bonds. The Labute approximate surface area is 70.2 Å². The van der Waals surface area contributed by atoms with Crippen molar-refractivity contribution < 1.29 is 0 Å². The van der Waals surface area contributed by atoms with Gasteiger partial charge in [0, 0.05) is 24.8 Å². The normalized spacial score (nSPS) is 11.0. The molecule has 2 aromatic rings. The molecule has 0 spiro atoms. The van der Waals surface area contributed by atoms with Gasteiger partial charge in [0.05, 0.1) is 0 Å². The maximum absolute atomic E-state index is 4.06. The van der Waals surface area contributed by atoms with Crippen LogP contribution in [0.3, 0.4) is 0 Å². The van der Waals surface area contributed by atoms with Gasteiger partial charge in [-0.1, -0.05) is 0 Å². The number of aromatic amines is 2. The van der Waals surface area contributed by atoms with Gasteiger partial charge < -0.3 is 9.97 Å². The summed E-state index contributed by atoms with van der Waals surface area (Å²) >= 11 is 0. The second kappa shape index (κ2) is 3.09. The van der Waals surface area contributed by atoms with Crippen LogP contribution in [0.25, 0.3) is 12.2 Å². The number of nitrogens with zero attached hydrogens (tertiary/aromatic N) is 1. The molecule has 0 aliphatic rings. The van der Waals surface area contributed by atoms with Gasteiger partial charge in [0.2, 0.25) is 0 Å². The summed E-state index contributed by atoms with van der Waals surface area (Å²) in [5, 5.41) is 0. The Morgan fingerprint density at radius 3 is 2.92 bits per heavy atom. The van der Waals surface area contributed by atoms with Crippen molar-refractivity contribution in [2.75, 3.05) is 0 Å². The largest absolute Gasteiger partial charge is 0.367 e. The Morgan fingerprint density at radius 2 is 2.25 bits per heavy atom. The first-order valence-electron chi connectivity index (χ1n) is 3.75. The first kappa shape index (κ1) is 6.91. The molecule has 0 aliphatic carbocycles. The topological polar surface area (TPSA) is 44.5 Å². The van der Waals surface area contributed by atoms with E-state index in [4.69, 9.17) is 0 Å². The molecule has 0 saturated heterocycles. The van der Waals surface area contributed by atoms with E-state index in [1.54, 1.807) is 12.4 Å². The molecule has 0 atom stereocenters. The van der Waals surface area contributed by atoms with E-state index in [2.05, 4.69) is 15.0 Å². The lowest BCUT2D eigenvalue weighted by atomic mass is 10.3. The summed E-state index contributed by atoms with van der Waals surface area (Å²) in [6.07, 6.45) is 11.3. The van der Waals surface area contributed by atoms with Crippen molar-refractivity contribution >= 4 is 12.2 Å². The molecule has 0 unspecified atom stereocenters. The summed E-state index contributed by atoms with van der Waals surface area (Å²) in [7, 11) is 0. The third-order valence-electron chi connectivity index (χ3n) is 1.58. The number of aromatic nitrogens is 3. The molecule has 2 heterocycles. The average molecular weight is 159 g/mol. The molecule has 2 rings (SSSR count). The van der Waals surface area contributed by atoms with Gasteiger partial charge in [-0.25, -0.2) is 4.98 Å². The monoisotopic (exact) mass is 159 g/mol. The molecule has 3 heteroatoms. The first-order chi connectivity index (χ1) is 5.95. The quantitative estimate of drug-likeness (QED) is 0.690. The maximum atomic E-state index is 4.06. The average Bonchev–Trinajstić information content (AvgIpc) is 2.74. The molecule has 0 saturated carbocycles. The third kappa shape index (κ3) is 1.45. The van der Waals surface area contributed by atoms with Gasteiger partial charge in [0.15, 0.2) is 0 Å². The van der Waals surface area contributed by atoms with Crippen LogP contribution < -0.4 is 0 Å². The van der Waals surface area contributed by atoms with Crippen LogP contribution in [0.5, 0.6) is 0 Å². The van der Waals surface area contributed by atoms with Crippen molar-refractivity contribution in [3.63, 3.8) is 0 Å². The van der Waals surface area contributed by atoms with E-state index in [9.17, 15) is 0 Å². The van der Waals surface area contributed by atoms with Gasteiger partial charge in [-0.2, -0.15) is 0 Å². The zero-order valence-corrected chi connectivity index (χ0v) is 6.49. The molecule has 0 aromatic carbocycles. The maximum Gasteiger partial charge on any atom is 0.129 e. The van der Waals surface area contributed by atoms with Crippen LogP contribution in [0, 0.1) is 0 Å². The highest BCUT2D eigenvalue weighted by Crippen LogP contribution is 2.02. The van der Waals surface area contributed by atoms with Crippen molar-refractivity contribution in [3.05, 3.63) is 42.2 Å². The predicted molar refractivity (Wildman–Crippen MR) is 48.3 cm³/mol. The predicted octanol–water partition coefficient (Wildman–Crippen LogP) is 1.91. The fraction of sp³-hybridized carbons (Fsp3) is 0. The minimum atomic E-state index is 0.871.